The zero-order valence-electron chi connectivity index (χ0n) is 12.7. The Hall–Kier alpha value is -2.27. The molecule has 3 aromatic rings. The highest BCUT2D eigenvalue weighted by Crippen LogP contribution is 2.18. The summed E-state index contributed by atoms with van der Waals surface area (Å²) in [6.45, 7) is 0.718. The van der Waals surface area contributed by atoms with E-state index in [-0.39, 0.29) is 0 Å². The first-order chi connectivity index (χ1) is 11.4. The molecule has 0 atom stereocenters. The zero-order valence-corrected chi connectivity index (χ0v) is 13.5. The summed E-state index contributed by atoms with van der Waals surface area (Å²) in [5.41, 5.74) is 0.976. The number of benzene rings is 2. The summed E-state index contributed by atoms with van der Waals surface area (Å²) in [4.78, 5) is 4.42. The van der Waals surface area contributed by atoms with Crippen molar-refractivity contribution in [1.29, 1.82) is 0 Å². The van der Waals surface area contributed by atoms with Crippen molar-refractivity contribution in [3.8, 4) is 17.1 Å². The first-order valence-electron chi connectivity index (χ1n) is 7.55. The minimum absolute atomic E-state index is 0.647. The third kappa shape index (κ3) is 4.86. The number of hydrogen-bond acceptors (Lipinski definition) is 5. The summed E-state index contributed by atoms with van der Waals surface area (Å²) < 4.78 is 10.9. The third-order valence-corrected chi connectivity index (χ3v) is 4.20. The van der Waals surface area contributed by atoms with Crippen LogP contribution in [0.4, 0.5) is 0 Å². The molecular formula is C18H18N2O2S. The molecule has 23 heavy (non-hydrogen) atoms. The van der Waals surface area contributed by atoms with Crippen LogP contribution < -0.4 is 4.74 Å². The lowest BCUT2D eigenvalue weighted by Crippen LogP contribution is -1.98. The molecular weight excluding hydrogens is 308 g/mol. The van der Waals surface area contributed by atoms with Gasteiger partial charge >= 0.3 is 0 Å². The lowest BCUT2D eigenvalue weighted by atomic mass is 10.2. The molecule has 1 aromatic heterocycles. The lowest BCUT2D eigenvalue weighted by Gasteiger charge is -2.04. The van der Waals surface area contributed by atoms with Gasteiger partial charge in [-0.3, -0.25) is 0 Å². The maximum Gasteiger partial charge on any atom is 0.236 e. The van der Waals surface area contributed by atoms with Crippen molar-refractivity contribution < 1.29 is 9.26 Å². The number of thioether (sulfide) groups is 1. The average Bonchev–Trinajstić information content (AvgIpc) is 3.09. The molecule has 0 radical (unpaired) electrons. The standard InChI is InChI=1S/C18H18N2O2S/c1-3-8-15(9-4-1)18-19-17(22-20-18)14-23-13-7-12-21-16-10-5-2-6-11-16/h1-6,8-11H,7,12-14H2. The van der Waals surface area contributed by atoms with Crippen LogP contribution in [0.25, 0.3) is 11.4 Å². The van der Waals surface area contributed by atoms with Crippen molar-refractivity contribution in [1.82, 2.24) is 10.1 Å². The molecule has 5 heteroatoms. The second-order valence-electron chi connectivity index (χ2n) is 4.95. The van der Waals surface area contributed by atoms with E-state index >= 15 is 0 Å². The van der Waals surface area contributed by atoms with Gasteiger partial charge in [-0.05, 0) is 24.3 Å². The maximum atomic E-state index is 5.66. The molecule has 0 aliphatic heterocycles. The van der Waals surface area contributed by atoms with Crippen LogP contribution in [0.2, 0.25) is 0 Å². The fourth-order valence-corrected chi connectivity index (χ4v) is 2.80. The highest BCUT2D eigenvalue weighted by Gasteiger charge is 2.07. The van der Waals surface area contributed by atoms with Crippen LogP contribution in [0.1, 0.15) is 12.3 Å². The summed E-state index contributed by atoms with van der Waals surface area (Å²) in [6, 6.07) is 19.7. The van der Waals surface area contributed by atoms with Gasteiger partial charge in [0.1, 0.15) is 5.75 Å². The molecule has 0 bridgehead atoms. The van der Waals surface area contributed by atoms with E-state index in [0.29, 0.717) is 11.7 Å². The van der Waals surface area contributed by atoms with E-state index in [1.54, 1.807) is 11.8 Å². The van der Waals surface area contributed by atoms with Gasteiger partial charge in [0.15, 0.2) is 0 Å². The first kappa shape index (κ1) is 15.6. The predicted molar refractivity (Wildman–Crippen MR) is 92.5 cm³/mol. The van der Waals surface area contributed by atoms with Crippen LogP contribution in [0, 0.1) is 0 Å². The molecule has 0 aliphatic carbocycles. The van der Waals surface area contributed by atoms with E-state index in [9.17, 15) is 0 Å². The van der Waals surface area contributed by atoms with Gasteiger partial charge in [0.05, 0.1) is 12.4 Å². The summed E-state index contributed by atoms with van der Waals surface area (Å²) >= 11 is 1.77. The van der Waals surface area contributed by atoms with E-state index in [1.807, 2.05) is 60.7 Å². The van der Waals surface area contributed by atoms with Gasteiger partial charge in [0, 0.05) is 5.56 Å². The fourth-order valence-electron chi connectivity index (χ4n) is 2.05. The van der Waals surface area contributed by atoms with Crippen LogP contribution in [0.3, 0.4) is 0 Å². The molecule has 0 N–H and O–H groups in total. The quantitative estimate of drug-likeness (QED) is 0.573. The number of aromatic nitrogens is 2. The maximum absolute atomic E-state index is 5.66. The molecule has 0 aliphatic rings. The summed E-state index contributed by atoms with van der Waals surface area (Å²) in [6.07, 6.45) is 0.985. The molecule has 1 heterocycles. The molecule has 2 aromatic carbocycles. The van der Waals surface area contributed by atoms with E-state index in [2.05, 4.69) is 10.1 Å². The summed E-state index contributed by atoms with van der Waals surface area (Å²) in [5.74, 6) is 3.95. The van der Waals surface area contributed by atoms with Crippen molar-refractivity contribution in [3.05, 3.63) is 66.6 Å². The normalized spacial score (nSPS) is 10.6. The minimum Gasteiger partial charge on any atom is -0.494 e. The Balaban J connectivity index is 1.36. The average molecular weight is 326 g/mol. The second-order valence-corrected chi connectivity index (χ2v) is 6.05. The highest BCUT2D eigenvalue weighted by atomic mass is 32.2. The Morgan fingerprint density at radius 1 is 0.957 bits per heavy atom. The van der Waals surface area contributed by atoms with E-state index in [4.69, 9.17) is 9.26 Å². The number of ether oxygens (including phenoxy) is 1. The molecule has 0 saturated heterocycles. The molecule has 0 unspecified atom stereocenters. The predicted octanol–water partition coefficient (Wildman–Crippen LogP) is 4.44. The topological polar surface area (TPSA) is 48.2 Å². The zero-order chi connectivity index (χ0) is 15.7. The molecule has 4 nitrogen and oxygen atoms in total. The van der Waals surface area contributed by atoms with Gasteiger partial charge in [-0.15, -0.1) is 0 Å². The van der Waals surface area contributed by atoms with Crippen LogP contribution >= 0.6 is 11.8 Å². The van der Waals surface area contributed by atoms with Crippen LogP contribution in [0.15, 0.2) is 65.2 Å². The van der Waals surface area contributed by atoms with Gasteiger partial charge in [0.25, 0.3) is 0 Å². The number of nitrogens with zero attached hydrogens (tertiary/aromatic N) is 2. The molecule has 0 saturated carbocycles. The van der Waals surface area contributed by atoms with Gasteiger partial charge < -0.3 is 9.26 Å². The van der Waals surface area contributed by atoms with Crippen molar-refractivity contribution in [3.63, 3.8) is 0 Å². The summed E-state index contributed by atoms with van der Waals surface area (Å²) in [7, 11) is 0. The number of para-hydroxylation sites is 1. The number of rotatable bonds is 8. The molecule has 118 valence electrons. The molecule has 0 spiro atoms. The third-order valence-electron chi connectivity index (χ3n) is 3.17. The Bertz CT molecular complexity index is 701. The Morgan fingerprint density at radius 2 is 1.70 bits per heavy atom. The molecule has 3 rings (SSSR count). The smallest absolute Gasteiger partial charge is 0.236 e. The lowest BCUT2D eigenvalue weighted by molar-refractivity contribution is 0.318. The highest BCUT2D eigenvalue weighted by molar-refractivity contribution is 7.98. The summed E-state index contributed by atoms with van der Waals surface area (Å²) in [5, 5.41) is 4.02. The van der Waals surface area contributed by atoms with Gasteiger partial charge in [-0.2, -0.15) is 16.7 Å². The van der Waals surface area contributed by atoms with Gasteiger partial charge in [0.2, 0.25) is 11.7 Å². The number of hydrogen-bond donors (Lipinski definition) is 0. The molecule has 0 fully saturated rings. The van der Waals surface area contributed by atoms with Crippen molar-refractivity contribution >= 4 is 11.8 Å². The van der Waals surface area contributed by atoms with Crippen LogP contribution in [-0.2, 0) is 5.75 Å². The monoisotopic (exact) mass is 326 g/mol. The Labute approximate surface area is 139 Å². The van der Waals surface area contributed by atoms with Crippen LogP contribution in [0.5, 0.6) is 5.75 Å². The Kier molecular flexibility index (Phi) is 5.69. The van der Waals surface area contributed by atoms with Crippen molar-refractivity contribution in [2.24, 2.45) is 0 Å². The van der Waals surface area contributed by atoms with E-state index < -0.39 is 0 Å². The molecule has 0 amide bonds. The van der Waals surface area contributed by atoms with Crippen LogP contribution in [-0.4, -0.2) is 22.5 Å². The van der Waals surface area contributed by atoms with E-state index in [0.717, 1.165) is 35.8 Å². The van der Waals surface area contributed by atoms with E-state index in [1.165, 1.54) is 0 Å². The SMILES string of the molecule is c1ccc(OCCCSCc2nc(-c3ccccc3)no2)cc1. The second kappa shape index (κ2) is 8.39. The van der Waals surface area contributed by atoms with Crippen molar-refractivity contribution in [2.75, 3.05) is 12.4 Å². The largest absolute Gasteiger partial charge is 0.494 e. The van der Waals surface area contributed by atoms with Crippen molar-refractivity contribution in [2.45, 2.75) is 12.2 Å². The first-order valence-corrected chi connectivity index (χ1v) is 8.71. The van der Waals surface area contributed by atoms with Gasteiger partial charge in [-0.1, -0.05) is 53.7 Å². The fraction of sp³-hybridized carbons (Fsp3) is 0.222. The Morgan fingerprint density at radius 3 is 2.48 bits per heavy atom. The van der Waals surface area contributed by atoms with Gasteiger partial charge in [-0.25, -0.2) is 0 Å². The minimum atomic E-state index is 0.647.